The van der Waals surface area contributed by atoms with Gasteiger partial charge in [-0.3, -0.25) is 28.8 Å². The van der Waals surface area contributed by atoms with Crippen molar-refractivity contribution in [1.29, 1.82) is 0 Å². The molecule has 0 radical (unpaired) electrons. The van der Waals surface area contributed by atoms with Gasteiger partial charge in [0.1, 0.15) is 31.3 Å². The normalized spacial score (nSPS) is 23.1. The van der Waals surface area contributed by atoms with Gasteiger partial charge >= 0.3 is 0 Å². The third kappa shape index (κ3) is 8.62. The number of piperidine rings is 1. The van der Waals surface area contributed by atoms with Gasteiger partial charge in [0.15, 0.2) is 0 Å². The van der Waals surface area contributed by atoms with Crippen molar-refractivity contribution in [3.63, 3.8) is 0 Å². The fourth-order valence-electron chi connectivity index (χ4n) is 6.41. The molecule has 1 aromatic heterocycles. The molecule has 2 aliphatic heterocycles. The van der Waals surface area contributed by atoms with E-state index >= 15 is 0 Å². The van der Waals surface area contributed by atoms with E-state index in [1.54, 1.807) is 30.0 Å². The summed E-state index contributed by atoms with van der Waals surface area (Å²) in [5.74, 6) is -1.94. The number of benzene rings is 1. The molecule has 5 amide bonds. The highest BCUT2D eigenvalue weighted by molar-refractivity contribution is 5.98. The minimum Gasteiger partial charge on any atom is -0.417 e. The zero-order valence-electron chi connectivity index (χ0n) is 28.3. The number of hydroxylamine groups is 2. The Hall–Kier alpha value is -4.13. The van der Waals surface area contributed by atoms with Crippen LogP contribution in [0.2, 0.25) is 0 Å². The summed E-state index contributed by atoms with van der Waals surface area (Å²) in [4.78, 5) is 80.0. The fourth-order valence-corrected chi connectivity index (χ4v) is 6.41. The van der Waals surface area contributed by atoms with Gasteiger partial charge < -0.3 is 25.7 Å². The number of aromatic nitrogens is 1. The van der Waals surface area contributed by atoms with Crippen LogP contribution in [0.1, 0.15) is 77.2 Å². The summed E-state index contributed by atoms with van der Waals surface area (Å²) < 4.78 is 1.61. The molecule has 0 spiro atoms. The van der Waals surface area contributed by atoms with Gasteiger partial charge in [-0.1, -0.05) is 51.3 Å². The number of nitrogens with one attached hydrogen (secondary N) is 3. The number of amides is 5. The topological polar surface area (TPSA) is 151 Å². The molecular weight excluding hydrogens is 604 g/mol. The van der Waals surface area contributed by atoms with Crippen molar-refractivity contribution >= 4 is 40.4 Å². The number of unbranched alkanes of at least 4 members (excludes halogenated alkanes) is 2. The van der Waals surface area contributed by atoms with Gasteiger partial charge in [-0.25, -0.2) is 5.06 Å². The SMILES string of the molecule is CCC(C)[C@H]1NC(=O)[C@@H](Cc2cn(OC)c3ccccc23)NC(=O)[C@@H](CCCCCC(=O)N(C)OC)NC(=O)[C@H]2CCCCN2C1=O. The Morgan fingerprint density at radius 1 is 0.979 bits per heavy atom. The maximum absolute atomic E-state index is 14.1. The van der Waals surface area contributed by atoms with Crippen LogP contribution < -0.4 is 20.8 Å². The largest absolute Gasteiger partial charge is 0.417 e. The average Bonchev–Trinajstić information content (AvgIpc) is 3.45. The summed E-state index contributed by atoms with van der Waals surface area (Å²) in [5.41, 5.74) is 1.60. The lowest BCUT2D eigenvalue weighted by Crippen LogP contribution is -2.64. The maximum Gasteiger partial charge on any atom is 0.246 e. The number of carbonyl (C=O) groups excluding carboxylic acids is 5. The molecule has 258 valence electrons. The zero-order chi connectivity index (χ0) is 34.1. The monoisotopic (exact) mass is 654 g/mol. The fraction of sp³-hybridized carbons (Fsp3) is 0.618. The van der Waals surface area contributed by atoms with Crippen molar-refractivity contribution in [2.24, 2.45) is 5.92 Å². The summed E-state index contributed by atoms with van der Waals surface area (Å²) in [6.07, 6.45) is 6.97. The first-order valence-electron chi connectivity index (χ1n) is 16.7. The lowest BCUT2D eigenvalue weighted by atomic mass is 9.93. The lowest BCUT2D eigenvalue weighted by molar-refractivity contribution is -0.168. The highest BCUT2D eigenvalue weighted by Crippen LogP contribution is 2.24. The first kappa shape index (κ1) is 35.7. The molecule has 13 heteroatoms. The van der Waals surface area contributed by atoms with Crippen molar-refractivity contribution in [2.45, 2.75) is 102 Å². The summed E-state index contributed by atoms with van der Waals surface area (Å²) in [7, 11) is 4.53. The summed E-state index contributed by atoms with van der Waals surface area (Å²) in [6.45, 7) is 4.26. The molecule has 1 unspecified atom stereocenters. The third-order valence-electron chi connectivity index (χ3n) is 9.52. The number of fused-ring (bicyclic) bond motifs is 2. The van der Waals surface area contributed by atoms with E-state index in [9.17, 15) is 24.0 Å². The van der Waals surface area contributed by atoms with Gasteiger partial charge in [-0.05, 0) is 49.7 Å². The Morgan fingerprint density at radius 2 is 1.70 bits per heavy atom. The zero-order valence-corrected chi connectivity index (χ0v) is 28.3. The van der Waals surface area contributed by atoms with E-state index in [0.29, 0.717) is 51.5 Å². The molecule has 13 nitrogen and oxygen atoms in total. The van der Waals surface area contributed by atoms with E-state index in [-0.39, 0.29) is 30.1 Å². The molecule has 3 heterocycles. The van der Waals surface area contributed by atoms with Crippen molar-refractivity contribution in [3.05, 3.63) is 36.0 Å². The molecule has 47 heavy (non-hydrogen) atoms. The second-order valence-electron chi connectivity index (χ2n) is 12.6. The molecular formula is C34H50N6O7. The van der Waals surface area contributed by atoms with Gasteiger partial charge in [0.2, 0.25) is 29.5 Å². The number of hydrogen-bond acceptors (Lipinski definition) is 7. The van der Waals surface area contributed by atoms with Gasteiger partial charge in [0.25, 0.3) is 0 Å². The molecule has 1 aromatic carbocycles. The molecule has 3 N–H and O–H groups in total. The first-order chi connectivity index (χ1) is 22.6. The van der Waals surface area contributed by atoms with E-state index in [4.69, 9.17) is 9.68 Å². The molecule has 5 atom stereocenters. The molecule has 2 aliphatic rings. The molecule has 2 saturated heterocycles. The molecule has 0 aliphatic carbocycles. The number of rotatable bonds is 12. The Morgan fingerprint density at radius 3 is 2.43 bits per heavy atom. The van der Waals surface area contributed by atoms with Crippen LogP contribution in [-0.4, -0.2) is 96.2 Å². The highest BCUT2D eigenvalue weighted by atomic mass is 16.7. The van der Waals surface area contributed by atoms with E-state index in [0.717, 1.165) is 29.3 Å². The minimum absolute atomic E-state index is 0.137. The highest BCUT2D eigenvalue weighted by Gasteiger charge is 2.41. The molecule has 2 aromatic rings. The third-order valence-corrected chi connectivity index (χ3v) is 9.52. The number of nitrogens with zero attached hydrogens (tertiary/aromatic N) is 3. The van der Waals surface area contributed by atoms with Crippen LogP contribution >= 0.6 is 0 Å². The van der Waals surface area contributed by atoms with Crippen LogP contribution in [0.15, 0.2) is 30.5 Å². The van der Waals surface area contributed by atoms with Crippen molar-refractivity contribution in [3.8, 4) is 0 Å². The lowest BCUT2D eigenvalue weighted by Gasteiger charge is -2.39. The number of carbonyl (C=O) groups is 5. The Balaban J connectivity index is 1.63. The second-order valence-corrected chi connectivity index (χ2v) is 12.6. The summed E-state index contributed by atoms with van der Waals surface area (Å²) in [6, 6.07) is 4.07. The van der Waals surface area contributed by atoms with E-state index in [1.807, 2.05) is 38.1 Å². The van der Waals surface area contributed by atoms with Crippen LogP contribution in [-0.2, 0) is 35.2 Å². The van der Waals surface area contributed by atoms with Crippen LogP contribution in [0.5, 0.6) is 0 Å². The van der Waals surface area contributed by atoms with E-state index < -0.39 is 36.0 Å². The van der Waals surface area contributed by atoms with Gasteiger partial charge in [-0.15, -0.1) is 0 Å². The van der Waals surface area contributed by atoms with Crippen LogP contribution in [0.25, 0.3) is 10.9 Å². The van der Waals surface area contributed by atoms with Crippen LogP contribution in [0, 0.1) is 5.92 Å². The Bertz CT molecular complexity index is 1430. The van der Waals surface area contributed by atoms with Crippen LogP contribution in [0.3, 0.4) is 0 Å². The van der Waals surface area contributed by atoms with Crippen LogP contribution in [0.4, 0.5) is 0 Å². The minimum atomic E-state index is -1.03. The van der Waals surface area contributed by atoms with Gasteiger partial charge in [0, 0.05) is 38.0 Å². The van der Waals surface area contributed by atoms with Crippen molar-refractivity contribution < 1.29 is 33.6 Å². The molecule has 2 fully saturated rings. The average molecular weight is 655 g/mol. The Labute approximate surface area is 276 Å². The molecule has 0 saturated carbocycles. The standard InChI is InChI=1S/C34H50N6O7/c1-6-22(2)30-34(45)39-19-13-12-17-28(39)33(44)35-25(15-8-7-9-18-29(41)38(3)46-4)31(42)36-26(32(43)37-30)20-23-21-40(47-5)27-16-11-10-14-24(23)27/h10-11,14,16,21-22,25-26,28,30H,6-9,12-13,15,17-20H2,1-5H3,(H,35,44)(H,36,42)(H,37,43)/t22?,25-,26-,28-,30-/m1/s1. The second kappa shape index (κ2) is 16.6. The van der Waals surface area contributed by atoms with E-state index in [2.05, 4.69) is 16.0 Å². The van der Waals surface area contributed by atoms with Crippen molar-refractivity contribution in [2.75, 3.05) is 27.8 Å². The van der Waals surface area contributed by atoms with E-state index in [1.165, 1.54) is 12.2 Å². The summed E-state index contributed by atoms with van der Waals surface area (Å²) >= 11 is 0. The summed E-state index contributed by atoms with van der Waals surface area (Å²) in [5, 5.41) is 10.9. The Kier molecular flexibility index (Phi) is 12.6. The smallest absolute Gasteiger partial charge is 0.246 e. The predicted molar refractivity (Wildman–Crippen MR) is 176 cm³/mol. The molecule has 4 rings (SSSR count). The number of para-hydroxylation sites is 1. The predicted octanol–water partition coefficient (Wildman–Crippen LogP) is 2.11. The maximum atomic E-state index is 14.1. The van der Waals surface area contributed by atoms with Gasteiger partial charge in [-0.2, -0.15) is 4.73 Å². The quantitative estimate of drug-likeness (QED) is 0.234. The molecule has 0 bridgehead atoms. The van der Waals surface area contributed by atoms with Gasteiger partial charge in [0.05, 0.1) is 12.6 Å². The first-order valence-corrected chi connectivity index (χ1v) is 16.7. The van der Waals surface area contributed by atoms with Crippen molar-refractivity contribution in [1.82, 2.24) is 30.6 Å². The number of hydrogen-bond donors (Lipinski definition) is 3.